The Bertz CT molecular complexity index is 577. The summed E-state index contributed by atoms with van der Waals surface area (Å²) < 4.78 is 3.63. The van der Waals surface area contributed by atoms with Crippen LogP contribution in [-0.2, 0) is 13.6 Å². The summed E-state index contributed by atoms with van der Waals surface area (Å²) in [6, 6.07) is 0. The van der Waals surface area contributed by atoms with E-state index in [4.69, 9.17) is 11.6 Å². The van der Waals surface area contributed by atoms with Crippen LogP contribution in [0.2, 0.25) is 5.15 Å². The third-order valence-corrected chi connectivity index (χ3v) is 3.63. The third kappa shape index (κ3) is 2.27. The van der Waals surface area contributed by atoms with Crippen molar-refractivity contribution in [2.75, 3.05) is 0 Å². The van der Waals surface area contributed by atoms with Crippen LogP contribution < -0.4 is 5.56 Å². The van der Waals surface area contributed by atoms with Gasteiger partial charge in [-0.15, -0.1) is 0 Å². The van der Waals surface area contributed by atoms with Crippen molar-refractivity contribution in [1.82, 2.24) is 19.3 Å². The summed E-state index contributed by atoms with van der Waals surface area (Å²) in [5.41, 5.74) is 0.814. The van der Waals surface area contributed by atoms with Gasteiger partial charge in [0.15, 0.2) is 0 Å². The average Bonchev–Trinajstić information content (AvgIpc) is 2.65. The van der Waals surface area contributed by atoms with E-state index < -0.39 is 0 Å². The fraction of sp³-hybridized carbons (Fsp3) is 0.222. The maximum Gasteiger partial charge on any atom is 0.268 e. The molecule has 2 rings (SSSR count). The number of rotatable bonds is 2. The molecule has 0 bridgehead atoms. The minimum Gasteiger partial charge on any atom is -0.294 e. The second-order valence-corrected chi connectivity index (χ2v) is 4.74. The molecule has 0 N–H and O–H groups in total. The standard InChI is InChI=1S/C9H8ClIN4O/c1-14-3-6(2-13-14)4-15-5-12-8(10)7(11)9(15)16/h2-3,5H,4H2,1H3. The Labute approximate surface area is 110 Å². The molecule has 0 radical (unpaired) electrons. The van der Waals surface area contributed by atoms with Gasteiger partial charge in [0, 0.05) is 18.8 Å². The summed E-state index contributed by atoms with van der Waals surface area (Å²) in [5, 5.41) is 4.28. The first-order chi connectivity index (χ1) is 7.58. The lowest BCUT2D eigenvalue weighted by atomic mass is 10.3. The minimum atomic E-state index is -0.135. The molecule has 16 heavy (non-hydrogen) atoms. The number of hydrogen-bond acceptors (Lipinski definition) is 3. The van der Waals surface area contributed by atoms with Gasteiger partial charge < -0.3 is 0 Å². The van der Waals surface area contributed by atoms with E-state index in [0.717, 1.165) is 5.56 Å². The third-order valence-electron chi connectivity index (χ3n) is 2.05. The van der Waals surface area contributed by atoms with Gasteiger partial charge in [0.1, 0.15) is 8.72 Å². The largest absolute Gasteiger partial charge is 0.294 e. The molecule has 0 atom stereocenters. The Kier molecular flexibility index (Phi) is 3.29. The van der Waals surface area contributed by atoms with Crippen molar-refractivity contribution in [2.24, 2.45) is 7.05 Å². The molecule has 0 aliphatic heterocycles. The fourth-order valence-corrected chi connectivity index (χ4v) is 1.88. The van der Waals surface area contributed by atoms with E-state index in [-0.39, 0.29) is 10.7 Å². The predicted molar refractivity (Wildman–Crippen MR) is 68.5 cm³/mol. The van der Waals surface area contributed by atoms with Crippen LogP contribution >= 0.6 is 34.2 Å². The van der Waals surface area contributed by atoms with Crippen molar-refractivity contribution in [3.63, 3.8) is 0 Å². The van der Waals surface area contributed by atoms with Crippen molar-refractivity contribution in [3.05, 3.63) is 43.4 Å². The summed E-state index contributed by atoms with van der Waals surface area (Å²) in [6.45, 7) is 0.451. The molecule has 0 fully saturated rings. The van der Waals surface area contributed by atoms with Crippen molar-refractivity contribution >= 4 is 34.2 Å². The zero-order valence-electron chi connectivity index (χ0n) is 8.39. The molecule has 0 unspecified atom stereocenters. The van der Waals surface area contributed by atoms with Crippen LogP contribution in [0, 0.1) is 3.57 Å². The number of aryl methyl sites for hydroxylation is 1. The first kappa shape index (κ1) is 11.6. The highest BCUT2D eigenvalue weighted by atomic mass is 127. The van der Waals surface area contributed by atoms with E-state index in [0.29, 0.717) is 10.1 Å². The van der Waals surface area contributed by atoms with Gasteiger partial charge in [0.05, 0.1) is 19.1 Å². The molecule has 0 aliphatic carbocycles. The van der Waals surface area contributed by atoms with Crippen molar-refractivity contribution in [1.29, 1.82) is 0 Å². The maximum atomic E-state index is 11.8. The minimum absolute atomic E-state index is 0.135. The summed E-state index contributed by atoms with van der Waals surface area (Å²) in [6.07, 6.45) is 5.02. The van der Waals surface area contributed by atoms with Gasteiger partial charge in [-0.2, -0.15) is 5.10 Å². The van der Waals surface area contributed by atoms with Crippen LogP contribution in [0.5, 0.6) is 0 Å². The molecule has 2 heterocycles. The lowest BCUT2D eigenvalue weighted by Gasteiger charge is -2.03. The average molecular weight is 351 g/mol. The van der Waals surface area contributed by atoms with E-state index in [2.05, 4.69) is 10.1 Å². The number of halogens is 2. The topological polar surface area (TPSA) is 52.7 Å². The van der Waals surface area contributed by atoms with Gasteiger partial charge in [-0.1, -0.05) is 11.6 Å². The Balaban J connectivity index is 2.36. The normalized spacial score (nSPS) is 10.7. The van der Waals surface area contributed by atoms with Gasteiger partial charge in [-0.3, -0.25) is 14.0 Å². The molecule has 7 heteroatoms. The van der Waals surface area contributed by atoms with Crippen LogP contribution in [0.25, 0.3) is 0 Å². The lowest BCUT2D eigenvalue weighted by Crippen LogP contribution is -2.23. The molecule has 2 aromatic rings. The zero-order chi connectivity index (χ0) is 11.7. The van der Waals surface area contributed by atoms with Crippen LogP contribution in [0.1, 0.15) is 5.56 Å². The van der Waals surface area contributed by atoms with Crippen molar-refractivity contribution < 1.29 is 0 Å². The first-order valence-corrected chi connectivity index (χ1v) is 5.91. The summed E-state index contributed by atoms with van der Waals surface area (Å²) >= 11 is 7.64. The summed E-state index contributed by atoms with van der Waals surface area (Å²) in [4.78, 5) is 15.7. The van der Waals surface area contributed by atoms with Gasteiger partial charge in [0.25, 0.3) is 5.56 Å². The van der Waals surface area contributed by atoms with E-state index in [1.54, 1.807) is 10.9 Å². The molecule has 84 valence electrons. The molecular formula is C9H8ClIN4O. The van der Waals surface area contributed by atoms with Crippen LogP contribution in [0.4, 0.5) is 0 Å². The highest BCUT2D eigenvalue weighted by molar-refractivity contribution is 14.1. The molecule has 0 saturated heterocycles. The SMILES string of the molecule is Cn1cc(Cn2cnc(Cl)c(I)c2=O)cn1. The number of nitrogens with zero attached hydrogens (tertiary/aromatic N) is 4. The van der Waals surface area contributed by atoms with Gasteiger partial charge in [-0.05, 0) is 22.6 Å². The maximum absolute atomic E-state index is 11.8. The highest BCUT2D eigenvalue weighted by Gasteiger charge is 2.07. The monoisotopic (exact) mass is 350 g/mol. The van der Waals surface area contributed by atoms with Gasteiger partial charge in [0.2, 0.25) is 0 Å². The second kappa shape index (κ2) is 4.54. The molecule has 0 saturated carbocycles. The smallest absolute Gasteiger partial charge is 0.268 e. The second-order valence-electron chi connectivity index (χ2n) is 3.30. The van der Waals surface area contributed by atoms with E-state index >= 15 is 0 Å². The molecule has 0 aliphatic rings. The fourth-order valence-electron chi connectivity index (χ4n) is 1.31. The quantitative estimate of drug-likeness (QED) is 0.606. The zero-order valence-corrected chi connectivity index (χ0v) is 11.3. The molecule has 2 aromatic heterocycles. The Morgan fingerprint density at radius 3 is 2.94 bits per heavy atom. The van der Waals surface area contributed by atoms with E-state index in [9.17, 15) is 4.79 Å². The molecule has 0 aromatic carbocycles. The molecule has 5 nitrogen and oxygen atoms in total. The van der Waals surface area contributed by atoms with Crippen LogP contribution in [0.15, 0.2) is 23.5 Å². The summed E-state index contributed by atoms with van der Waals surface area (Å²) in [7, 11) is 1.83. The first-order valence-electron chi connectivity index (χ1n) is 4.46. The van der Waals surface area contributed by atoms with Crippen LogP contribution in [-0.4, -0.2) is 19.3 Å². The van der Waals surface area contributed by atoms with Gasteiger partial charge in [-0.25, -0.2) is 4.98 Å². The number of aromatic nitrogens is 4. The molecule has 0 spiro atoms. The Morgan fingerprint density at radius 1 is 1.56 bits per heavy atom. The predicted octanol–water partition coefficient (Wildman–Crippen LogP) is 1.28. The lowest BCUT2D eigenvalue weighted by molar-refractivity contribution is 0.727. The van der Waals surface area contributed by atoms with E-state index in [1.165, 1.54) is 10.9 Å². The Morgan fingerprint density at radius 2 is 2.31 bits per heavy atom. The number of hydrogen-bond donors (Lipinski definition) is 0. The van der Waals surface area contributed by atoms with Crippen molar-refractivity contribution in [3.8, 4) is 0 Å². The highest BCUT2D eigenvalue weighted by Crippen LogP contribution is 2.10. The van der Waals surface area contributed by atoms with Crippen molar-refractivity contribution in [2.45, 2.75) is 6.54 Å². The molecular weight excluding hydrogens is 342 g/mol. The Hall–Kier alpha value is -0.890. The van der Waals surface area contributed by atoms with Gasteiger partial charge >= 0.3 is 0 Å². The van der Waals surface area contributed by atoms with Crippen LogP contribution in [0.3, 0.4) is 0 Å². The molecule has 0 amide bonds. The summed E-state index contributed by atoms with van der Waals surface area (Å²) in [5.74, 6) is 0. The van der Waals surface area contributed by atoms with E-state index in [1.807, 2.05) is 35.8 Å².